The Kier molecular flexibility index (Phi) is 5.88. The Morgan fingerprint density at radius 2 is 1.48 bits per heavy atom. The van der Waals surface area contributed by atoms with E-state index in [0.717, 1.165) is 11.1 Å². The lowest BCUT2D eigenvalue weighted by Crippen LogP contribution is -2.43. The van der Waals surface area contributed by atoms with Gasteiger partial charge in [0.15, 0.2) is 0 Å². The van der Waals surface area contributed by atoms with Crippen molar-refractivity contribution in [1.82, 2.24) is 5.32 Å². The molecule has 23 heavy (non-hydrogen) atoms. The molecule has 0 radical (unpaired) electrons. The lowest BCUT2D eigenvalue weighted by atomic mass is 10.0. The topological polar surface area (TPSA) is 81.4 Å². The first kappa shape index (κ1) is 16.7. The van der Waals surface area contributed by atoms with Crippen LogP contribution in [0.3, 0.4) is 0 Å². The van der Waals surface area contributed by atoms with Gasteiger partial charge < -0.3 is 15.8 Å². The van der Waals surface area contributed by atoms with Crippen molar-refractivity contribution >= 4 is 11.8 Å². The molecule has 0 aliphatic heterocycles. The molecule has 0 heterocycles. The van der Waals surface area contributed by atoms with Crippen molar-refractivity contribution in [2.45, 2.75) is 19.1 Å². The van der Waals surface area contributed by atoms with Gasteiger partial charge in [0, 0.05) is 0 Å². The van der Waals surface area contributed by atoms with Gasteiger partial charge in [0.1, 0.15) is 18.8 Å². The largest absolute Gasteiger partial charge is 0.368 e. The van der Waals surface area contributed by atoms with Crippen molar-refractivity contribution in [3.63, 3.8) is 0 Å². The molecule has 0 spiro atoms. The van der Waals surface area contributed by atoms with Crippen LogP contribution < -0.4 is 11.1 Å². The molecular formula is C18H20N2O3. The van der Waals surface area contributed by atoms with E-state index in [2.05, 4.69) is 5.32 Å². The number of hydrogen-bond donors (Lipinski definition) is 2. The molecule has 3 N–H and O–H groups in total. The summed E-state index contributed by atoms with van der Waals surface area (Å²) in [4.78, 5) is 22.9. The fourth-order valence-corrected chi connectivity index (χ4v) is 2.15. The molecule has 2 aromatic carbocycles. The van der Waals surface area contributed by atoms with Crippen LogP contribution >= 0.6 is 0 Å². The lowest BCUT2D eigenvalue weighted by Gasteiger charge is -2.19. The highest BCUT2D eigenvalue weighted by Gasteiger charge is 2.17. The van der Waals surface area contributed by atoms with Gasteiger partial charge in [-0.05, 0) is 18.1 Å². The third-order valence-corrected chi connectivity index (χ3v) is 3.39. The van der Waals surface area contributed by atoms with Crippen LogP contribution in [-0.4, -0.2) is 24.5 Å². The maximum atomic E-state index is 11.9. The molecule has 2 aromatic rings. The fraction of sp³-hybridized carbons (Fsp3) is 0.222. The normalized spacial score (nSPS) is 11.9. The number of nitrogens with two attached hydrogens (primary N) is 1. The first-order chi connectivity index (χ1) is 11.1. The Bertz CT molecular complexity index is 604. The summed E-state index contributed by atoms with van der Waals surface area (Å²) in [5, 5.41) is 2.50. The molecule has 120 valence electrons. The van der Waals surface area contributed by atoms with E-state index in [1.165, 1.54) is 6.92 Å². The van der Waals surface area contributed by atoms with E-state index in [4.69, 9.17) is 10.5 Å². The minimum absolute atomic E-state index is 0.161. The summed E-state index contributed by atoms with van der Waals surface area (Å²) >= 11 is 0. The van der Waals surface area contributed by atoms with Crippen molar-refractivity contribution in [3.8, 4) is 0 Å². The summed E-state index contributed by atoms with van der Waals surface area (Å²) in [7, 11) is 0. The highest BCUT2D eigenvalue weighted by atomic mass is 16.5. The molecule has 2 amide bonds. The highest BCUT2D eigenvalue weighted by molar-refractivity contribution is 5.86. The van der Waals surface area contributed by atoms with Crippen LogP contribution in [0.4, 0.5) is 0 Å². The van der Waals surface area contributed by atoms with Gasteiger partial charge >= 0.3 is 0 Å². The van der Waals surface area contributed by atoms with E-state index in [0.29, 0.717) is 0 Å². The third kappa shape index (κ3) is 4.93. The van der Waals surface area contributed by atoms with Crippen LogP contribution in [0.5, 0.6) is 0 Å². The van der Waals surface area contributed by atoms with Crippen molar-refractivity contribution in [3.05, 3.63) is 71.8 Å². The standard InChI is InChI=1S/C18H20N2O3/c1-13(18(19)22)20-16(21)12-23-17(14-8-4-2-5-9-14)15-10-6-3-7-11-15/h2-11,13,17H,12H2,1H3,(H2,19,22)(H,20,21)/t13-/m0/s1. The molecule has 0 saturated carbocycles. The van der Waals surface area contributed by atoms with E-state index in [1.54, 1.807) is 0 Å². The zero-order chi connectivity index (χ0) is 16.7. The SMILES string of the molecule is C[C@H](NC(=O)COC(c1ccccc1)c1ccccc1)C(N)=O. The molecule has 5 heteroatoms. The summed E-state index contributed by atoms with van der Waals surface area (Å²) in [5.41, 5.74) is 7.03. The van der Waals surface area contributed by atoms with Crippen LogP contribution in [0.2, 0.25) is 0 Å². The highest BCUT2D eigenvalue weighted by Crippen LogP contribution is 2.25. The summed E-state index contributed by atoms with van der Waals surface area (Å²) in [6.45, 7) is 1.37. The van der Waals surface area contributed by atoms with Crippen molar-refractivity contribution in [2.75, 3.05) is 6.61 Å². The van der Waals surface area contributed by atoms with Crippen LogP contribution in [0.25, 0.3) is 0 Å². The van der Waals surface area contributed by atoms with E-state index < -0.39 is 11.9 Å². The van der Waals surface area contributed by atoms with Gasteiger partial charge in [-0.3, -0.25) is 9.59 Å². The second-order valence-electron chi connectivity index (χ2n) is 5.20. The molecule has 5 nitrogen and oxygen atoms in total. The second-order valence-corrected chi connectivity index (χ2v) is 5.20. The molecule has 1 atom stereocenters. The molecule has 0 fully saturated rings. The Labute approximate surface area is 135 Å². The van der Waals surface area contributed by atoms with E-state index >= 15 is 0 Å². The molecule has 0 saturated heterocycles. The number of hydrogen-bond acceptors (Lipinski definition) is 3. The smallest absolute Gasteiger partial charge is 0.246 e. The molecule has 0 aromatic heterocycles. The van der Waals surface area contributed by atoms with Crippen molar-refractivity contribution in [1.29, 1.82) is 0 Å². The maximum Gasteiger partial charge on any atom is 0.246 e. The zero-order valence-corrected chi connectivity index (χ0v) is 12.9. The lowest BCUT2D eigenvalue weighted by molar-refractivity contribution is -0.131. The van der Waals surface area contributed by atoms with Crippen molar-refractivity contribution < 1.29 is 14.3 Å². The predicted molar refractivity (Wildman–Crippen MR) is 87.5 cm³/mol. The molecular weight excluding hydrogens is 292 g/mol. The van der Waals surface area contributed by atoms with Crippen LogP contribution in [0.1, 0.15) is 24.2 Å². The predicted octanol–water partition coefficient (Wildman–Crippen LogP) is 1.78. The van der Waals surface area contributed by atoms with Crippen LogP contribution in [-0.2, 0) is 14.3 Å². The third-order valence-electron chi connectivity index (χ3n) is 3.39. The summed E-state index contributed by atoms with van der Waals surface area (Å²) in [6.07, 6.45) is -0.355. The van der Waals surface area contributed by atoms with E-state index in [-0.39, 0.29) is 18.6 Å². The van der Waals surface area contributed by atoms with Crippen LogP contribution in [0, 0.1) is 0 Å². The Balaban J connectivity index is 2.07. The van der Waals surface area contributed by atoms with Gasteiger partial charge in [-0.1, -0.05) is 60.7 Å². The summed E-state index contributed by atoms with van der Waals surface area (Å²) in [5.74, 6) is -0.964. The average molecular weight is 312 g/mol. The Morgan fingerprint density at radius 1 is 1.00 bits per heavy atom. The molecule has 0 unspecified atom stereocenters. The van der Waals surface area contributed by atoms with E-state index in [9.17, 15) is 9.59 Å². The molecule has 2 rings (SSSR count). The fourth-order valence-electron chi connectivity index (χ4n) is 2.15. The number of amides is 2. The number of ether oxygens (including phenoxy) is 1. The van der Waals surface area contributed by atoms with Gasteiger partial charge in [-0.25, -0.2) is 0 Å². The summed E-state index contributed by atoms with van der Waals surface area (Å²) < 4.78 is 5.79. The quantitative estimate of drug-likeness (QED) is 0.817. The minimum atomic E-state index is -0.724. The number of primary amides is 1. The molecule has 0 aliphatic rings. The van der Waals surface area contributed by atoms with Gasteiger partial charge in [-0.15, -0.1) is 0 Å². The maximum absolute atomic E-state index is 11.9. The van der Waals surface area contributed by atoms with Gasteiger partial charge in [0.25, 0.3) is 0 Å². The van der Waals surface area contributed by atoms with Gasteiger partial charge in [0.05, 0.1) is 0 Å². The van der Waals surface area contributed by atoms with Crippen LogP contribution in [0.15, 0.2) is 60.7 Å². The monoisotopic (exact) mass is 312 g/mol. The summed E-state index contributed by atoms with van der Waals surface area (Å²) in [6, 6.07) is 18.6. The number of rotatable bonds is 7. The Morgan fingerprint density at radius 3 is 1.91 bits per heavy atom. The van der Waals surface area contributed by atoms with Gasteiger partial charge in [-0.2, -0.15) is 0 Å². The van der Waals surface area contributed by atoms with Gasteiger partial charge in [0.2, 0.25) is 11.8 Å². The number of carbonyl (C=O) groups is 2. The average Bonchev–Trinajstić information content (AvgIpc) is 2.57. The zero-order valence-electron chi connectivity index (χ0n) is 12.9. The number of benzene rings is 2. The van der Waals surface area contributed by atoms with Crippen molar-refractivity contribution in [2.24, 2.45) is 5.73 Å². The number of carbonyl (C=O) groups excluding carboxylic acids is 2. The first-order valence-electron chi connectivity index (χ1n) is 7.38. The number of nitrogens with one attached hydrogen (secondary N) is 1. The Hall–Kier alpha value is -2.66. The second kappa shape index (κ2) is 8.10. The first-order valence-corrected chi connectivity index (χ1v) is 7.38. The molecule has 0 bridgehead atoms. The molecule has 0 aliphatic carbocycles. The minimum Gasteiger partial charge on any atom is -0.368 e. The van der Waals surface area contributed by atoms with E-state index in [1.807, 2.05) is 60.7 Å².